The van der Waals surface area contributed by atoms with E-state index in [1.165, 1.54) is 6.33 Å². The molecule has 3 aromatic rings. The number of benzene rings is 2. The highest BCUT2D eigenvalue weighted by Gasteiger charge is 2.10. The first-order valence-corrected chi connectivity index (χ1v) is 7.92. The van der Waals surface area contributed by atoms with E-state index in [0.29, 0.717) is 17.7 Å². The summed E-state index contributed by atoms with van der Waals surface area (Å²) in [5.41, 5.74) is 3.47. The Bertz CT molecular complexity index is 866. The highest BCUT2D eigenvalue weighted by molar-refractivity contribution is 5.98. The maximum atomic E-state index is 12.5. The quantitative estimate of drug-likeness (QED) is 0.644. The molecule has 0 aliphatic rings. The van der Waals surface area contributed by atoms with Gasteiger partial charge in [-0.25, -0.2) is 9.97 Å². The zero-order valence-electron chi connectivity index (χ0n) is 14.2. The van der Waals surface area contributed by atoms with Crippen LogP contribution in [-0.2, 0) is 6.42 Å². The fourth-order valence-electron chi connectivity index (χ4n) is 2.57. The number of rotatable bonds is 6. The lowest BCUT2D eigenvalue weighted by Gasteiger charge is -2.19. The highest BCUT2D eigenvalue weighted by Crippen LogP contribution is 2.23. The standard InChI is InChI=1S/C20H19N3O2/c1-23(18-12-21-14-22-13-18)17-7-3-5-15(9-17)10-20(24)16-6-4-8-19(11-16)25-2/h3-9,11-14H,10H2,1-2H3. The zero-order chi connectivity index (χ0) is 17.6. The van der Waals surface area contributed by atoms with Gasteiger partial charge in [-0.05, 0) is 29.8 Å². The Balaban J connectivity index is 1.78. The Labute approximate surface area is 146 Å². The molecule has 0 fully saturated rings. The van der Waals surface area contributed by atoms with Crippen LogP contribution < -0.4 is 9.64 Å². The number of anilines is 2. The Morgan fingerprint density at radius 1 is 1.04 bits per heavy atom. The molecule has 1 aromatic heterocycles. The summed E-state index contributed by atoms with van der Waals surface area (Å²) >= 11 is 0. The number of ether oxygens (including phenoxy) is 1. The van der Waals surface area contributed by atoms with E-state index in [0.717, 1.165) is 16.9 Å². The molecule has 0 bridgehead atoms. The Hall–Kier alpha value is -3.21. The van der Waals surface area contributed by atoms with Crippen molar-refractivity contribution in [1.29, 1.82) is 0 Å². The topological polar surface area (TPSA) is 55.3 Å². The molecule has 0 N–H and O–H groups in total. The fraction of sp³-hybridized carbons (Fsp3) is 0.150. The number of nitrogens with zero attached hydrogens (tertiary/aromatic N) is 3. The van der Waals surface area contributed by atoms with Gasteiger partial charge >= 0.3 is 0 Å². The third-order valence-corrected chi connectivity index (χ3v) is 3.99. The molecular weight excluding hydrogens is 314 g/mol. The molecule has 2 aromatic carbocycles. The molecule has 1 heterocycles. The minimum absolute atomic E-state index is 0.0572. The molecule has 0 spiro atoms. The van der Waals surface area contributed by atoms with Crippen LogP contribution >= 0.6 is 0 Å². The molecule has 0 aliphatic carbocycles. The van der Waals surface area contributed by atoms with E-state index in [1.54, 1.807) is 25.6 Å². The molecule has 0 saturated heterocycles. The van der Waals surface area contributed by atoms with Crippen LogP contribution in [0.2, 0.25) is 0 Å². The van der Waals surface area contributed by atoms with E-state index in [1.807, 2.05) is 54.4 Å². The lowest BCUT2D eigenvalue weighted by atomic mass is 10.0. The number of methoxy groups -OCH3 is 1. The van der Waals surface area contributed by atoms with E-state index < -0.39 is 0 Å². The predicted octanol–water partition coefficient (Wildman–Crippen LogP) is 3.68. The maximum absolute atomic E-state index is 12.5. The monoisotopic (exact) mass is 333 g/mol. The van der Waals surface area contributed by atoms with E-state index in [-0.39, 0.29) is 5.78 Å². The fourth-order valence-corrected chi connectivity index (χ4v) is 2.57. The molecule has 5 nitrogen and oxygen atoms in total. The van der Waals surface area contributed by atoms with Gasteiger partial charge in [-0.15, -0.1) is 0 Å². The van der Waals surface area contributed by atoms with Crippen LogP contribution in [0, 0.1) is 0 Å². The molecule has 0 atom stereocenters. The second-order valence-electron chi connectivity index (χ2n) is 5.66. The molecule has 126 valence electrons. The first-order chi connectivity index (χ1) is 12.2. The molecular formula is C20H19N3O2. The van der Waals surface area contributed by atoms with Crippen molar-refractivity contribution >= 4 is 17.2 Å². The summed E-state index contributed by atoms with van der Waals surface area (Å²) in [4.78, 5) is 22.6. The summed E-state index contributed by atoms with van der Waals surface area (Å²) < 4.78 is 5.18. The lowest BCUT2D eigenvalue weighted by Crippen LogP contribution is -2.11. The van der Waals surface area contributed by atoms with Crippen molar-refractivity contribution in [3.63, 3.8) is 0 Å². The van der Waals surface area contributed by atoms with Gasteiger partial charge in [0.1, 0.15) is 12.1 Å². The van der Waals surface area contributed by atoms with Gasteiger partial charge in [0.2, 0.25) is 0 Å². The SMILES string of the molecule is COc1cccc(C(=O)Cc2cccc(N(C)c3cncnc3)c2)c1. The van der Waals surface area contributed by atoms with Crippen LogP contribution in [0.4, 0.5) is 11.4 Å². The Morgan fingerprint density at radius 3 is 2.56 bits per heavy atom. The van der Waals surface area contributed by atoms with Crippen LogP contribution in [0.5, 0.6) is 5.75 Å². The van der Waals surface area contributed by atoms with Crippen molar-refractivity contribution in [1.82, 2.24) is 9.97 Å². The largest absolute Gasteiger partial charge is 0.497 e. The number of hydrogen-bond acceptors (Lipinski definition) is 5. The number of ketones is 1. The third kappa shape index (κ3) is 4.01. The van der Waals surface area contributed by atoms with Crippen molar-refractivity contribution in [3.8, 4) is 5.75 Å². The molecule has 5 heteroatoms. The molecule has 0 aliphatic heterocycles. The van der Waals surface area contributed by atoms with Crippen molar-refractivity contribution in [2.45, 2.75) is 6.42 Å². The minimum Gasteiger partial charge on any atom is -0.497 e. The van der Waals surface area contributed by atoms with E-state index in [9.17, 15) is 4.79 Å². The van der Waals surface area contributed by atoms with E-state index >= 15 is 0 Å². The first-order valence-electron chi connectivity index (χ1n) is 7.92. The van der Waals surface area contributed by atoms with Crippen molar-refractivity contribution in [2.24, 2.45) is 0 Å². The van der Waals surface area contributed by atoms with Crippen LogP contribution in [0.3, 0.4) is 0 Å². The molecule has 0 amide bonds. The number of Topliss-reactive ketones (excluding diaryl/α,β-unsaturated/α-hetero) is 1. The first kappa shape index (κ1) is 16.6. The second kappa shape index (κ2) is 7.57. The molecule has 0 saturated carbocycles. The van der Waals surface area contributed by atoms with E-state index in [2.05, 4.69) is 9.97 Å². The summed E-state index contributed by atoms with van der Waals surface area (Å²) in [6.45, 7) is 0. The Morgan fingerprint density at radius 2 is 1.80 bits per heavy atom. The predicted molar refractivity (Wildman–Crippen MR) is 97.6 cm³/mol. The summed E-state index contributed by atoms with van der Waals surface area (Å²) in [6, 6.07) is 15.1. The van der Waals surface area contributed by atoms with Gasteiger partial charge in [0.25, 0.3) is 0 Å². The number of carbonyl (C=O) groups is 1. The summed E-state index contributed by atoms with van der Waals surface area (Å²) in [5.74, 6) is 0.741. The molecule has 25 heavy (non-hydrogen) atoms. The van der Waals surface area contributed by atoms with Gasteiger partial charge in [-0.3, -0.25) is 4.79 Å². The van der Waals surface area contributed by atoms with Crippen LogP contribution in [-0.4, -0.2) is 29.9 Å². The van der Waals surface area contributed by atoms with Crippen molar-refractivity contribution in [3.05, 3.63) is 78.4 Å². The van der Waals surface area contributed by atoms with E-state index in [4.69, 9.17) is 4.74 Å². The number of hydrogen-bond donors (Lipinski definition) is 0. The third-order valence-electron chi connectivity index (χ3n) is 3.99. The van der Waals surface area contributed by atoms with Crippen LogP contribution in [0.1, 0.15) is 15.9 Å². The lowest BCUT2D eigenvalue weighted by molar-refractivity contribution is 0.0992. The van der Waals surface area contributed by atoms with Crippen molar-refractivity contribution < 1.29 is 9.53 Å². The second-order valence-corrected chi connectivity index (χ2v) is 5.66. The van der Waals surface area contributed by atoms with Gasteiger partial charge in [-0.2, -0.15) is 0 Å². The normalized spacial score (nSPS) is 10.3. The van der Waals surface area contributed by atoms with Gasteiger partial charge in [0.05, 0.1) is 25.2 Å². The number of carbonyl (C=O) groups excluding carboxylic acids is 1. The summed E-state index contributed by atoms with van der Waals surface area (Å²) in [7, 11) is 3.54. The maximum Gasteiger partial charge on any atom is 0.167 e. The highest BCUT2D eigenvalue weighted by atomic mass is 16.5. The average molecular weight is 333 g/mol. The minimum atomic E-state index is 0.0572. The average Bonchev–Trinajstić information content (AvgIpc) is 2.68. The Kier molecular flexibility index (Phi) is 5.04. The molecule has 0 radical (unpaired) electrons. The van der Waals surface area contributed by atoms with Gasteiger partial charge in [0.15, 0.2) is 5.78 Å². The smallest absolute Gasteiger partial charge is 0.167 e. The number of aromatic nitrogens is 2. The zero-order valence-corrected chi connectivity index (χ0v) is 14.2. The molecule has 0 unspecified atom stereocenters. The van der Waals surface area contributed by atoms with Crippen molar-refractivity contribution in [2.75, 3.05) is 19.1 Å². The van der Waals surface area contributed by atoms with Gasteiger partial charge in [-0.1, -0.05) is 24.3 Å². The summed E-state index contributed by atoms with van der Waals surface area (Å²) in [5, 5.41) is 0. The molecule has 3 rings (SSSR count). The van der Waals surface area contributed by atoms with Crippen LogP contribution in [0.25, 0.3) is 0 Å². The summed E-state index contributed by atoms with van der Waals surface area (Å²) in [6.07, 6.45) is 5.34. The van der Waals surface area contributed by atoms with Crippen LogP contribution in [0.15, 0.2) is 67.3 Å². The van der Waals surface area contributed by atoms with Gasteiger partial charge in [0, 0.05) is 24.7 Å². The van der Waals surface area contributed by atoms with Gasteiger partial charge < -0.3 is 9.64 Å².